The van der Waals surface area contributed by atoms with Crippen molar-refractivity contribution in [3.63, 3.8) is 0 Å². The van der Waals surface area contributed by atoms with Crippen LogP contribution in [0.3, 0.4) is 0 Å². The van der Waals surface area contributed by atoms with E-state index >= 15 is 9.59 Å². The molecule has 0 aliphatic carbocycles. The second-order valence-corrected chi connectivity index (χ2v) is 34.2. The molecule has 3 aromatic carbocycles. The number of carboxylic acids is 2. The predicted molar refractivity (Wildman–Crippen MR) is 493 cm³/mol. The van der Waals surface area contributed by atoms with Gasteiger partial charge in [-0.25, -0.2) is 4.79 Å². The summed E-state index contributed by atoms with van der Waals surface area (Å²) in [6, 6.07) is 3.16. The molecule has 47 nitrogen and oxygen atoms in total. The number of nitrogens with two attached hydrogens (primary N) is 6. The van der Waals surface area contributed by atoms with Gasteiger partial charge in [-0.15, -0.1) is 0 Å². The quantitative estimate of drug-likeness (QED) is 0.0112. The van der Waals surface area contributed by atoms with Crippen molar-refractivity contribution in [2.45, 2.75) is 248 Å². The van der Waals surface area contributed by atoms with Crippen LogP contribution < -0.4 is 114 Å². The zero-order chi connectivity index (χ0) is 99.7. The molecule has 3 heterocycles. The fraction of sp³-hybridized carbons (Fsp3) is 0.534. The van der Waals surface area contributed by atoms with Crippen LogP contribution in [0.25, 0.3) is 10.9 Å². The summed E-state index contributed by atoms with van der Waals surface area (Å²) in [6.07, 6.45) is -1.15. The van der Waals surface area contributed by atoms with Gasteiger partial charge < -0.3 is 139 Å². The third-order valence-corrected chi connectivity index (χ3v) is 22.3. The van der Waals surface area contributed by atoms with E-state index in [-0.39, 0.29) is 141 Å². The highest BCUT2D eigenvalue weighted by atomic mass is 16.4. The van der Waals surface area contributed by atoms with E-state index in [4.69, 9.17) is 50.6 Å². The van der Waals surface area contributed by atoms with Crippen molar-refractivity contribution < 1.29 is 96.5 Å². The number of hydrogen-bond acceptors (Lipinski definition) is 22. The van der Waals surface area contributed by atoms with Gasteiger partial charge >= 0.3 is 11.9 Å². The number of likely N-dealkylation sites (tertiary alicyclic amines) is 2. The highest BCUT2D eigenvalue weighted by Crippen LogP contribution is 2.25. The molecular formula is C88H131N27O20. The topological polar surface area (TPSA) is 778 Å². The molecule has 1 aromatic heterocycles. The molecule has 2 aliphatic rings. The van der Waals surface area contributed by atoms with Crippen LogP contribution in [0.5, 0.6) is 0 Å². The SMILES string of the molecule is CC(C)C[C@H](NC(=O)[C@H](CCC(N)=O)NC(=O)[C@H](Cc1c[nH]c2ccccc12)NC(=O)[C@H](Cc1ccccc1)NC(=O)[C@H](C)NC(=O)CNC(=O)[C@@H]1CCCN1C(=O)[C@H](CC(C)C)NC(=O)[C@H](CCCNC(=N)N)NC(=O)[C@H](CCCNC(=N)N)NC(=O)[C@H](Cc1ccccc1)NC(=O)[C@@H](N)CC(=O)O)C(=O)N[C@@H](CCCNC(=N)N)C(=O)N[C@@H](CCC(N)=O)C(=O)N1CCC[C@H]1C(=O)O. The molecule has 6 rings (SSSR count). The minimum atomic E-state index is -1.70. The number of para-hydroxylation sites is 1. The molecule has 4 aromatic rings. The molecule has 0 saturated carbocycles. The maximum absolute atomic E-state index is 15.2. The van der Waals surface area contributed by atoms with Crippen molar-refractivity contribution in [2.75, 3.05) is 39.3 Å². The lowest BCUT2D eigenvalue weighted by atomic mass is 10.00. The summed E-state index contributed by atoms with van der Waals surface area (Å²) >= 11 is 0. The fourth-order valence-corrected chi connectivity index (χ4v) is 15.4. The van der Waals surface area contributed by atoms with Crippen LogP contribution in [0, 0.1) is 28.1 Å². The number of carbonyl (C=O) groups excluding carboxylic acids is 16. The molecule has 0 radical (unpaired) electrons. The van der Waals surface area contributed by atoms with Crippen molar-refractivity contribution in [2.24, 2.45) is 46.2 Å². The van der Waals surface area contributed by atoms with Gasteiger partial charge in [-0.3, -0.25) is 97.7 Å². The molecule has 47 heteroatoms. The maximum Gasteiger partial charge on any atom is 0.326 e. The Hall–Kier alpha value is -14.6. The summed E-state index contributed by atoms with van der Waals surface area (Å²) in [5, 5.41) is 82.1. The Bertz CT molecular complexity index is 4830. The molecule has 0 unspecified atom stereocenters. The number of hydrogen-bond donors (Lipinski definition) is 27. The monoisotopic (exact) mass is 1890 g/mol. The van der Waals surface area contributed by atoms with E-state index in [2.05, 4.69) is 84.7 Å². The number of benzene rings is 3. The average molecular weight is 1890 g/mol. The zero-order valence-electron chi connectivity index (χ0n) is 76.4. The lowest BCUT2D eigenvalue weighted by Crippen LogP contribution is -2.61. The third kappa shape index (κ3) is 37.5. The standard InChI is InChI=1S/C88H131N27O20/c1-47(2)39-61(78(127)105-57(26-15-35-99-87(94)95)75(124)108-60(31-33-69(91)117)83(132)115-38-18-29-67(115)85(134)135)111-77(126)59(30-32-68(90)116)107-81(130)64(43-52-45-101-55-24-13-12-23-53(52)55)112-80(129)62(41-50-19-8-6-9-20-50)109-72(121)49(5)103-70(118)46-102-82(131)66-28-17-37-114(66)84(133)65(40-48(3)4)113-76(125)58(27-16-36-100-88(96)97)104-74(123)56(25-14-34-98-86(92)93)106-79(128)63(42-51-21-10-7-11-22-51)110-73(122)54(89)44-71(119)120/h6-13,19-24,45,47-49,54,56-67,101H,14-18,25-44,46,89H2,1-5H3,(H2,90,116)(H2,91,117)(H,102,131)(H,103,118)(H,104,123)(H,105,127)(H,106,128)(H,107,130)(H,108,124)(H,109,121)(H,110,122)(H,111,126)(H,112,129)(H,113,125)(H,119,120)(H,134,135)(H4,92,93,98)(H4,94,95,99)(H4,96,97,100)/t49-,54-,56-,57-,58-,59-,60-,61-,62-,63-,64-,65-,66-,67-/m0/s1. The van der Waals surface area contributed by atoms with Crippen LogP contribution in [0.1, 0.15) is 160 Å². The van der Waals surface area contributed by atoms with Crippen LogP contribution in [-0.2, 0) is 106 Å². The van der Waals surface area contributed by atoms with Crippen LogP contribution in [-0.4, -0.2) is 273 Å². The molecule has 14 atom stereocenters. The number of amides is 16. The average Bonchev–Trinajstić information content (AvgIpc) is 1.72. The number of H-pyrrole nitrogens is 1. The maximum atomic E-state index is 15.2. The van der Waals surface area contributed by atoms with E-state index in [0.717, 1.165) is 4.90 Å². The number of aromatic nitrogens is 1. The zero-order valence-corrected chi connectivity index (χ0v) is 76.4. The van der Waals surface area contributed by atoms with Crippen molar-refractivity contribution in [3.8, 4) is 0 Å². The molecule has 135 heavy (non-hydrogen) atoms. The summed E-state index contributed by atoms with van der Waals surface area (Å²) < 4.78 is 0. The van der Waals surface area contributed by atoms with E-state index in [1.165, 1.54) is 11.8 Å². The van der Waals surface area contributed by atoms with Gasteiger partial charge in [0, 0.05) is 81.9 Å². The van der Waals surface area contributed by atoms with Crippen molar-refractivity contribution >= 4 is 135 Å². The Morgan fingerprint density at radius 3 is 1.23 bits per heavy atom. The first-order chi connectivity index (χ1) is 64.0. The van der Waals surface area contributed by atoms with Gasteiger partial charge in [0.25, 0.3) is 0 Å². The molecule has 16 amide bonds. The second kappa shape index (κ2) is 55.1. The Labute approximate surface area is 780 Å². The summed E-state index contributed by atoms with van der Waals surface area (Å²) in [5.41, 5.74) is 35.7. The van der Waals surface area contributed by atoms with Gasteiger partial charge in [-0.1, -0.05) is 107 Å². The molecule has 2 aliphatic heterocycles. The fourth-order valence-electron chi connectivity index (χ4n) is 15.4. The smallest absolute Gasteiger partial charge is 0.326 e. The van der Waals surface area contributed by atoms with E-state index in [1.807, 2.05) is 0 Å². The van der Waals surface area contributed by atoms with Crippen molar-refractivity contribution in [3.05, 3.63) is 108 Å². The summed E-state index contributed by atoms with van der Waals surface area (Å²) in [7, 11) is 0. The largest absolute Gasteiger partial charge is 0.481 e. The van der Waals surface area contributed by atoms with Crippen molar-refractivity contribution in [1.29, 1.82) is 16.2 Å². The van der Waals surface area contributed by atoms with Crippen molar-refractivity contribution in [1.82, 2.24) is 94.5 Å². The number of fused-ring (bicyclic) bond motifs is 1. The molecule has 33 N–H and O–H groups in total. The third-order valence-electron chi connectivity index (χ3n) is 22.3. The molecular weight excluding hydrogens is 1760 g/mol. The predicted octanol–water partition coefficient (Wildman–Crippen LogP) is -5.05. The second-order valence-electron chi connectivity index (χ2n) is 34.2. The lowest BCUT2D eigenvalue weighted by Gasteiger charge is -2.31. The Morgan fingerprint density at radius 1 is 0.415 bits per heavy atom. The first-order valence-corrected chi connectivity index (χ1v) is 44.8. The number of carbonyl (C=O) groups is 18. The van der Waals surface area contributed by atoms with Gasteiger partial charge in [-0.05, 0) is 131 Å². The van der Waals surface area contributed by atoms with Gasteiger partial charge in [0.15, 0.2) is 17.9 Å². The summed E-state index contributed by atoms with van der Waals surface area (Å²) in [5.74, 6) is -19.1. The minimum Gasteiger partial charge on any atom is -0.481 e. The highest BCUT2D eigenvalue weighted by Gasteiger charge is 2.43. The first kappa shape index (κ1) is 109. The van der Waals surface area contributed by atoms with Crippen LogP contribution in [0.2, 0.25) is 0 Å². The summed E-state index contributed by atoms with van der Waals surface area (Å²) in [6.45, 7) is 7.61. The molecule has 2 saturated heterocycles. The van der Waals surface area contributed by atoms with Gasteiger partial charge in [0.1, 0.15) is 78.5 Å². The van der Waals surface area contributed by atoms with Crippen LogP contribution in [0.15, 0.2) is 91.1 Å². The Kier molecular flexibility index (Phi) is 44.5. The van der Waals surface area contributed by atoms with Crippen LogP contribution in [0.4, 0.5) is 0 Å². The number of carboxylic acid groups (broad SMARTS) is 2. The van der Waals surface area contributed by atoms with E-state index in [1.54, 1.807) is 119 Å². The first-order valence-electron chi connectivity index (χ1n) is 44.8. The minimum absolute atomic E-state index is 0.00199. The van der Waals surface area contributed by atoms with Crippen LogP contribution >= 0.6 is 0 Å². The lowest BCUT2D eigenvalue weighted by molar-refractivity contribution is -0.149. The Balaban J connectivity index is 1.19. The molecule has 0 bridgehead atoms. The summed E-state index contributed by atoms with van der Waals surface area (Å²) in [4.78, 5) is 256. The number of rotatable bonds is 57. The number of nitrogens with zero attached hydrogens (tertiary/aromatic N) is 2. The van der Waals surface area contributed by atoms with E-state index in [9.17, 15) is 86.9 Å². The normalized spacial score (nSPS) is 16.0. The number of nitrogens with one attached hydrogen (secondary N) is 19. The highest BCUT2D eigenvalue weighted by molar-refractivity contribution is 6.01. The number of primary amides is 2. The molecule has 0 spiro atoms. The molecule has 738 valence electrons. The number of guanidine groups is 3. The van der Waals surface area contributed by atoms with E-state index in [0.29, 0.717) is 34.0 Å². The molecule has 2 fully saturated rings. The van der Waals surface area contributed by atoms with Gasteiger partial charge in [0.2, 0.25) is 94.5 Å². The Morgan fingerprint density at radius 2 is 0.778 bits per heavy atom. The van der Waals surface area contributed by atoms with E-state index < -0.39 is 241 Å². The van der Waals surface area contributed by atoms with Gasteiger partial charge in [0.05, 0.1) is 19.0 Å². The number of aromatic amines is 1. The van der Waals surface area contributed by atoms with Gasteiger partial charge in [-0.2, -0.15) is 0 Å². The number of aliphatic carboxylic acids is 2.